The van der Waals surface area contributed by atoms with Crippen LogP contribution in [0.25, 0.3) is 0 Å². The van der Waals surface area contributed by atoms with Crippen LogP contribution in [0.15, 0.2) is 0 Å². The van der Waals surface area contributed by atoms with Crippen LogP contribution in [0.4, 0.5) is 4.79 Å². The van der Waals surface area contributed by atoms with Gasteiger partial charge in [0.05, 0.1) is 6.61 Å². The summed E-state index contributed by atoms with van der Waals surface area (Å²) in [4.78, 5) is 23.1. The van der Waals surface area contributed by atoms with Crippen LogP contribution in [0.1, 0.15) is 64.7 Å². The zero-order chi connectivity index (χ0) is 17.0. The molecule has 0 saturated heterocycles. The van der Waals surface area contributed by atoms with Gasteiger partial charge in [-0.05, 0) is 81.5 Å². The maximum atomic E-state index is 11.9. The highest BCUT2D eigenvalue weighted by Crippen LogP contribution is 2.61. The van der Waals surface area contributed by atoms with Crippen molar-refractivity contribution in [1.29, 1.82) is 0 Å². The Morgan fingerprint density at radius 2 is 1.58 bits per heavy atom. The summed E-state index contributed by atoms with van der Waals surface area (Å²) in [5.41, 5.74) is 0.520. The first-order valence-electron chi connectivity index (χ1n) is 9.76. The van der Waals surface area contributed by atoms with Gasteiger partial charge in [-0.15, -0.1) is 0 Å². The van der Waals surface area contributed by atoms with E-state index in [0.29, 0.717) is 31.4 Å². The second-order valence-electron chi connectivity index (χ2n) is 8.26. The molecule has 0 aromatic heterocycles. The molecule has 5 heteroatoms. The quantitative estimate of drug-likeness (QED) is 0.528. The molecule has 24 heavy (non-hydrogen) atoms. The minimum atomic E-state index is -0.193. The lowest BCUT2D eigenvalue weighted by atomic mass is 9.49. The molecule has 0 spiro atoms. The van der Waals surface area contributed by atoms with Gasteiger partial charge in [-0.3, -0.25) is 4.79 Å². The van der Waals surface area contributed by atoms with Crippen molar-refractivity contribution in [3.05, 3.63) is 0 Å². The number of hydrogen-bond donors (Lipinski definition) is 2. The maximum absolute atomic E-state index is 11.9. The van der Waals surface area contributed by atoms with E-state index in [9.17, 15) is 9.59 Å². The molecule has 0 unspecified atom stereocenters. The van der Waals surface area contributed by atoms with Crippen LogP contribution in [0.2, 0.25) is 0 Å². The first-order valence-corrected chi connectivity index (χ1v) is 9.76. The number of carbonyl (C=O) groups is 2. The fraction of sp³-hybridized carbons (Fsp3) is 0.895. The van der Waals surface area contributed by atoms with Gasteiger partial charge in [0.25, 0.3) is 0 Å². The average Bonchev–Trinajstić information content (AvgIpc) is 2.50. The Bertz CT molecular complexity index is 428. The Labute approximate surface area is 145 Å². The maximum Gasteiger partial charge on any atom is 0.314 e. The molecule has 2 N–H and O–H groups in total. The Morgan fingerprint density at radius 1 is 1.00 bits per heavy atom. The number of urea groups is 1. The van der Waals surface area contributed by atoms with Crippen molar-refractivity contribution < 1.29 is 14.3 Å². The molecule has 2 amide bonds. The van der Waals surface area contributed by atoms with Crippen LogP contribution >= 0.6 is 0 Å². The van der Waals surface area contributed by atoms with Crippen molar-refractivity contribution in [2.45, 2.75) is 64.7 Å². The lowest BCUT2D eigenvalue weighted by Crippen LogP contribution is -2.47. The summed E-state index contributed by atoms with van der Waals surface area (Å²) in [7, 11) is 0. The Hall–Kier alpha value is -1.26. The summed E-state index contributed by atoms with van der Waals surface area (Å²) in [6, 6.07) is -0.108. The van der Waals surface area contributed by atoms with Gasteiger partial charge in [0, 0.05) is 19.5 Å². The molecule has 0 radical (unpaired) electrons. The summed E-state index contributed by atoms with van der Waals surface area (Å²) in [6.45, 7) is 3.50. The van der Waals surface area contributed by atoms with E-state index in [-0.39, 0.29) is 12.0 Å². The van der Waals surface area contributed by atoms with Crippen molar-refractivity contribution in [3.63, 3.8) is 0 Å². The van der Waals surface area contributed by atoms with Crippen LogP contribution in [-0.4, -0.2) is 31.7 Å². The zero-order valence-corrected chi connectivity index (χ0v) is 14.9. The SMILES string of the molecule is CCOC(=O)CCCNC(=O)NCCC12CC3CC(CC(C3)C1)C2. The Morgan fingerprint density at radius 3 is 2.17 bits per heavy atom. The standard InChI is InChI=1S/C19H32N2O3/c1-2-24-17(22)4-3-6-20-18(23)21-7-5-19-11-14-8-15(12-19)10-16(9-14)13-19/h14-16H,2-13H2,1H3,(H2,20,21,23). The first kappa shape index (κ1) is 17.6. The number of ether oxygens (including phenoxy) is 1. The molecule has 4 rings (SSSR count). The fourth-order valence-electron chi connectivity index (χ4n) is 5.77. The van der Waals surface area contributed by atoms with Gasteiger partial charge in [0.2, 0.25) is 0 Å². The molecule has 0 aromatic rings. The molecular weight excluding hydrogens is 304 g/mol. The molecule has 0 aromatic carbocycles. The van der Waals surface area contributed by atoms with Gasteiger partial charge < -0.3 is 15.4 Å². The van der Waals surface area contributed by atoms with E-state index >= 15 is 0 Å². The van der Waals surface area contributed by atoms with E-state index in [1.807, 2.05) is 0 Å². The average molecular weight is 336 g/mol. The molecule has 136 valence electrons. The lowest BCUT2D eigenvalue weighted by molar-refractivity contribution is -0.143. The number of hydrogen-bond acceptors (Lipinski definition) is 3. The van der Waals surface area contributed by atoms with Crippen molar-refractivity contribution in [2.75, 3.05) is 19.7 Å². The summed E-state index contributed by atoms with van der Waals surface area (Å²) in [6.07, 6.45) is 10.7. The van der Waals surface area contributed by atoms with Gasteiger partial charge in [-0.2, -0.15) is 0 Å². The van der Waals surface area contributed by atoms with Gasteiger partial charge in [0.1, 0.15) is 0 Å². The highest BCUT2D eigenvalue weighted by Gasteiger charge is 2.50. The normalized spacial score (nSPS) is 33.3. The molecular formula is C19H32N2O3. The number of amides is 2. The summed E-state index contributed by atoms with van der Waals surface area (Å²) in [5, 5.41) is 5.84. The van der Waals surface area contributed by atoms with E-state index in [1.54, 1.807) is 6.92 Å². The second-order valence-corrected chi connectivity index (χ2v) is 8.26. The molecule has 4 bridgehead atoms. The minimum Gasteiger partial charge on any atom is -0.466 e. The van der Waals surface area contributed by atoms with Crippen molar-refractivity contribution in [1.82, 2.24) is 10.6 Å². The molecule has 0 aliphatic heterocycles. The van der Waals surface area contributed by atoms with Crippen LogP contribution < -0.4 is 10.6 Å². The van der Waals surface area contributed by atoms with E-state index in [4.69, 9.17) is 4.74 Å². The van der Waals surface area contributed by atoms with Crippen LogP contribution in [0, 0.1) is 23.2 Å². The third-order valence-electron chi connectivity index (χ3n) is 6.25. The molecule has 4 fully saturated rings. The number of esters is 1. The topological polar surface area (TPSA) is 67.4 Å². The van der Waals surface area contributed by atoms with Gasteiger partial charge in [-0.1, -0.05) is 0 Å². The Kier molecular flexibility index (Phi) is 5.67. The summed E-state index contributed by atoms with van der Waals surface area (Å²) in [5.74, 6) is 2.70. The predicted octanol–water partition coefficient (Wildman–Crippen LogP) is 3.24. The van der Waals surface area contributed by atoms with E-state index in [0.717, 1.165) is 30.7 Å². The number of nitrogens with one attached hydrogen (secondary N) is 2. The van der Waals surface area contributed by atoms with Crippen molar-refractivity contribution >= 4 is 12.0 Å². The van der Waals surface area contributed by atoms with E-state index < -0.39 is 0 Å². The number of rotatable bonds is 8. The molecule has 4 saturated carbocycles. The van der Waals surface area contributed by atoms with Crippen LogP contribution in [-0.2, 0) is 9.53 Å². The molecule has 0 heterocycles. The highest BCUT2D eigenvalue weighted by molar-refractivity contribution is 5.74. The zero-order valence-electron chi connectivity index (χ0n) is 14.9. The van der Waals surface area contributed by atoms with Crippen LogP contribution in [0.3, 0.4) is 0 Å². The molecule has 4 aliphatic rings. The molecule has 5 nitrogen and oxygen atoms in total. The summed E-state index contributed by atoms with van der Waals surface area (Å²) >= 11 is 0. The van der Waals surface area contributed by atoms with Gasteiger partial charge in [-0.25, -0.2) is 4.79 Å². The highest BCUT2D eigenvalue weighted by atomic mass is 16.5. The summed E-state index contributed by atoms with van der Waals surface area (Å²) < 4.78 is 4.86. The predicted molar refractivity (Wildman–Crippen MR) is 92.5 cm³/mol. The van der Waals surface area contributed by atoms with Crippen molar-refractivity contribution in [2.24, 2.45) is 23.2 Å². The van der Waals surface area contributed by atoms with E-state index in [2.05, 4.69) is 10.6 Å². The van der Waals surface area contributed by atoms with Crippen LogP contribution in [0.5, 0.6) is 0 Å². The first-order chi connectivity index (χ1) is 11.6. The largest absolute Gasteiger partial charge is 0.466 e. The second kappa shape index (κ2) is 7.75. The van der Waals surface area contributed by atoms with Gasteiger partial charge in [0.15, 0.2) is 0 Å². The number of carbonyl (C=O) groups excluding carboxylic acids is 2. The Balaban J connectivity index is 1.29. The third-order valence-corrected chi connectivity index (χ3v) is 6.25. The smallest absolute Gasteiger partial charge is 0.314 e. The lowest BCUT2D eigenvalue weighted by Gasteiger charge is -2.57. The monoisotopic (exact) mass is 336 g/mol. The molecule has 0 atom stereocenters. The minimum absolute atomic E-state index is 0.108. The van der Waals surface area contributed by atoms with E-state index in [1.165, 1.54) is 38.5 Å². The molecule has 4 aliphatic carbocycles. The van der Waals surface area contributed by atoms with Gasteiger partial charge >= 0.3 is 12.0 Å². The fourth-order valence-corrected chi connectivity index (χ4v) is 5.77. The third kappa shape index (κ3) is 4.42. The van der Waals surface area contributed by atoms with Crippen molar-refractivity contribution in [3.8, 4) is 0 Å².